The Hall–Kier alpha value is -0.610. The van der Waals surface area contributed by atoms with Gasteiger partial charge in [-0.2, -0.15) is 0 Å². The van der Waals surface area contributed by atoms with Crippen molar-refractivity contribution >= 4 is 5.91 Å². The molecule has 0 rings (SSSR count). The fourth-order valence-electron chi connectivity index (χ4n) is 0.649. The minimum absolute atomic E-state index is 0.124. The Bertz CT molecular complexity index is 116. The van der Waals surface area contributed by atoms with Gasteiger partial charge in [0.25, 0.3) is 0 Å². The minimum Gasteiger partial charge on any atom is -0.314 e. The summed E-state index contributed by atoms with van der Waals surface area (Å²) in [7, 11) is 0. The monoisotopic (exact) mass is 159 g/mol. The fourth-order valence-corrected chi connectivity index (χ4v) is 0.649. The third-order valence-electron chi connectivity index (χ3n) is 1.62. The second-order valence-corrected chi connectivity index (χ2v) is 2.58. The molecule has 0 aromatic heterocycles. The molecule has 0 unspecified atom stereocenters. The van der Waals surface area contributed by atoms with Crippen molar-refractivity contribution < 1.29 is 4.79 Å². The van der Waals surface area contributed by atoms with Crippen LogP contribution >= 0.6 is 0 Å². The van der Waals surface area contributed by atoms with Gasteiger partial charge in [-0.3, -0.25) is 10.2 Å². The summed E-state index contributed by atoms with van der Waals surface area (Å²) in [6.07, 6.45) is 1.52. The number of hydrogen-bond acceptors (Lipinski definition) is 3. The lowest BCUT2D eigenvalue weighted by Gasteiger charge is -2.09. The van der Waals surface area contributed by atoms with Gasteiger partial charge in [0.1, 0.15) is 0 Å². The van der Waals surface area contributed by atoms with E-state index in [1.807, 2.05) is 0 Å². The quantitative estimate of drug-likeness (QED) is 0.294. The largest absolute Gasteiger partial charge is 0.314 e. The number of nitrogens with one attached hydrogen (secondary N) is 2. The number of hydrogen-bond donors (Lipinski definition) is 3. The van der Waals surface area contributed by atoms with Crippen molar-refractivity contribution in [2.24, 2.45) is 5.84 Å². The van der Waals surface area contributed by atoms with Gasteiger partial charge in [-0.25, -0.2) is 5.84 Å². The first-order chi connectivity index (χ1) is 5.20. The predicted molar refractivity (Wildman–Crippen MR) is 44.7 cm³/mol. The van der Waals surface area contributed by atoms with Gasteiger partial charge >= 0.3 is 0 Å². The molecule has 0 aliphatic rings. The summed E-state index contributed by atoms with van der Waals surface area (Å²) < 4.78 is 0. The van der Waals surface area contributed by atoms with Gasteiger partial charge < -0.3 is 5.32 Å². The predicted octanol–water partition coefficient (Wildman–Crippen LogP) is -0.245. The van der Waals surface area contributed by atoms with E-state index in [2.05, 4.69) is 24.6 Å². The van der Waals surface area contributed by atoms with Crippen LogP contribution in [0.1, 0.15) is 26.7 Å². The maximum absolute atomic E-state index is 10.6. The third kappa shape index (κ3) is 5.82. The molecule has 0 aromatic carbocycles. The Morgan fingerprint density at radius 3 is 2.73 bits per heavy atom. The van der Waals surface area contributed by atoms with E-state index >= 15 is 0 Å². The van der Waals surface area contributed by atoms with Gasteiger partial charge in [0.05, 0.1) is 0 Å². The molecule has 0 heterocycles. The van der Waals surface area contributed by atoms with Gasteiger partial charge in [0, 0.05) is 19.0 Å². The van der Waals surface area contributed by atoms with E-state index in [0.717, 1.165) is 6.42 Å². The SMILES string of the molecule is CC[C@@H](C)NCCC(=O)NN. The van der Waals surface area contributed by atoms with Crippen LogP contribution in [0.15, 0.2) is 0 Å². The van der Waals surface area contributed by atoms with E-state index in [-0.39, 0.29) is 5.91 Å². The van der Waals surface area contributed by atoms with Crippen LogP contribution in [0.5, 0.6) is 0 Å². The molecule has 0 spiro atoms. The average Bonchev–Trinajstić information content (AvgIpc) is 2.04. The van der Waals surface area contributed by atoms with E-state index in [1.165, 1.54) is 0 Å². The number of amides is 1. The highest BCUT2D eigenvalue weighted by molar-refractivity contribution is 5.75. The average molecular weight is 159 g/mol. The summed E-state index contributed by atoms with van der Waals surface area (Å²) >= 11 is 0. The smallest absolute Gasteiger partial charge is 0.235 e. The van der Waals surface area contributed by atoms with E-state index in [0.29, 0.717) is 19.0 Å². The van der Waals surface area contributed by atoms with Crippen molar-refractivity contribution in [1.29, 1.82) is 0 Å². The van der Waals surface area contributed by atoms with Crippen LogP contribution in [0.25, 0.3) is 0 Å². The van der Waals surface area contributed by atoms with Gasteiger partial charge in [0.15, 0.2) is 0 Å². The van der Waals surface area contributed by atoms with E-state index in [4.69, 9.17) is 5.84 Å². The molecule has 0 aromatic rings. The Labute approximate surface area is 67.5 Å². The lowest BCUT2D eigenvalue weighted by atomic mass is 10.2. The number of carbonyl (C=O) groups excluding carboxylic acids is 1. The highest BCUT2D eigenvalue weighted by Gasteiger charge is 1.99. The highest BCUT2D eigenvalue weighted by atomic mass is 16.2. The molecule has 1 atom stereocenters. The Balaban J connectivity index is 3.20. The number of carbonyl (C=O) groups is 1. The fraction of sp³-hybridized carbons (Fsp3) is 0.857. The lowest BCUT2D eigenvalue weighted by molar-refractivity contribution is -0.121. The summed E-state index contributed by atoms with van der Waals surface area (Å²) in [5.74, 6) is 4.77. The van der Waals surface area contributed by atoms with Gasteiger partial charge in [-0.1, -0.05) is 6.92 Å². The number of rotatable bonds is 5. The summed E-state index contributed by atoms with van der Waals surface area (Å²) in [6.45, 7) is 4.87. The van der Waals surface area contributed by atoms with Crippen molar-refractivity contribution in [2.75, 3.05) is 6.54 Å². The Morgan fingerprint density at radius 1 is 1.64 bits per heavy atom. The molecule has 0 aliphatic carbocycles. The molecule has 11 heavy (non-hydrogen) atoms. The number of hydrazine groups is 1. The van der Waals surface area contributed by atoms with Crippen LogP contribution < -0.4 is 16.6 Å². The zero-order valence-corrected chi connectivity index (χ0v) is 7.18. The normalized spacial score (nSPS) is 12.6. The maximum atomic E-state index is 10.6. The van der Waals surface area contributed by atoms with E-state index < -0.39 is 0 Å². The summed E-state index contributed by atoms with van der Waals surface area (Å²) in [5, 5.41) is 3.18. The van der Waals surface area contributed by atoms with Crippen LogP contribution in [-0.2, 0) is 4.79 Å². The molecule has 4 N–H and O–H groups in total. The molecule has 1 amide bonds. The molecule has 0 fully saturated rings. The summed E-state index contributed by atoms with van der Waals surface area (Å²) in [4.78, 5) is 10.6. The van der Waals surface area contributed by atoms with Crippen LogP contribution in [-0.4, -0.2) is 18.5 Å². The van der Waals surface area contributed by atoms with Crippen molar-refractivity contribution in [3.63, 3.8) is 0 Å². The molecular formula is C7H17N3O. The zero-order chi connectivity index (χ0) is 8.69. The van der Waals surface area contributed by atoms with Crippen LogP contribution in [0.4, 0.5) is 0 Å². The van der Waals surface area contributed by atoms with Crippen molar-refractivity contribution in [1.82, 2.24) is 10.7 Å². The van der Waals surface area contributed by atoms with Crippen molar-refractivity contribution in [3.8, 4) is 0 Å². The van der Waals surface area contributed by atoms with Gasteiger partial charge in [-0.05, 0) is 13.3 Å². The standard InChI is InChI=1S/C7H17N3O/c1-3-6(2)9-5-4-7(11)10-8/h6,9H,3-5,8H2,1-2H3,(H,10,11)/t6-/m1/s1. The second-order valence-electron chi connectivity index (χ2n) is 2.58. The van der Waals surface area contributed by atoms with E-state index in [1.54, 1.807) is 0 Å². The van der Waals surface area contributed by atoms with Gasteiger partial charge in [0.2, 0.25) is 5.91 Å². The first kappa shape index (κ1) is 10.4. The molecular weight excluding hydrogens is 142 g/mol. The third-order valence-corrected chi connectivity index (χ3v) is 1.62. The molecule has 0 aliphatic heterocycles. The number of nitrogens with two attached hydrogens (primary N) is 1. The van der Waals surface area contributed by atoms with Crippen molar-refractivity contribution in [3.05, 3.63) is 0 Å². The first-order valence-electron chi connectivity index (χ1n) is 3.93. The molecule has 0 saturated heterocycles. The molecule has 4 nitrogen and oxygen atoms in total. The maximum Gasteiger partial charge on any atom is 0.235 e. The second kappa shape index (κ2) is 6.12. The molecule has 0 saturated carbocycles. The van der Waals surface area contributed by atoms with Crippen molar-refractivity contribution in [2.45, 2.75) is 32.7 Å². The minimum atomic E-state index is -0.124. The summed E-state index contributed by atoms with van der Waals surface area (Å²) in [5.41, 5.74) is 2.08. The van der Waals surface area contributed by atoms with Gasteiger partial charge in [-0.15, -0.1) is 0 Å². The summed E-state index contributed by atoms with van der Waals surface area (Å²) in [6, 6.07) is 0.473. The zero-order valence-electron chi connectivity index (χ0n) is 7.18. The highest BCUT2D eigenvalue weighted by Crippen LogP contribution is 1.87. The Morgan fingerprint density at radius 2 is 2.27 bits per heavy atom. The lowest BCUT2D eigenvalue weighted by Crippen LogP contribution is -2.34. The molecule has 66 valence electrons. The first-order valence-corrected chi connectivity index (χ1v) is 3.93. The van der Waals surface area contributed by atoms with Crippen LogP contribution in [0, 0.1) is 0 Å². The van der Waals surface area contributed by atoms with Crippen LogP contribution in [0.3, 0.4) is 0 Å². The van der Waals surface area contributed by atoms with E-state index in [9.17, 15) is 4.79 Å². The molecule has 0 radical (unpaired) electrons. The molecule has 4 heteroatoms. The topological polar surface area (TPSA) is 67.2 Å². The Kier molecular flexibility index (Phi) is 5.78. The molecule has 0 bridgehead atoms. The van der Waals surface area contributed by atoms with Crippen LogP contribution in [0.2, 0.25) is 0 Å².